The minimum Gasteiger partial charge on any atom is -0.494 e. The van der Waals surface area contributed by atoms with E-state index in [9.17, 15) is 23.1 Å². The predicted molar refractivity (Wildman–Crippen MR) is 131 cm³/mol. The van der Waals surface area contributed by atoms with Crippen LogP contribution >= 0.6 is 0 Å². The Balaban J connectivity index is 1.52. The summed E-state index contributed by atoms with van der Waals surface area (Å²) in [6.45, 7) is 1.29. The Morgan fingerprint density at radius 2 is 1.97 bits per heavy atom. The lowest BCUT2D eigenvalue weighted by Crippen LogP contribution is -2.43. The second-order valence-electron chi connectivity index (χ2n) is 9.21. The van der Waals surface area contributed by atoms with Crippen molar-refractivity contribution < 1.29 is 27.8 Å². The van der Waals surface area contributed by atoms with E-state index in [0.29, 0.717) is 30.8 Å². The van der Waals surface area contributed by atoms with Crippen LogP contribution in [0.4, 0.5) is 24.5 Å². The van der Waals surface area contributed by atoms with E-state index in [1.54, 1.807) is 0 Å². The summed E-state index contributed by atoms with van der Waals surface area (Å²) in [6.07, 6.45) is 3.63. The number of aromatic nitrogens is 2. The Bertz CT molecular complexity index is 1370. The second kappa shape index (κ2) is 9.98. The van der Waals surface area contributed by atoms with Crippen LogP contribution in [0.1, 0.15) is 47.1 Å². The number of aliphatic hydroxyl groups excluding tert-OH is 1. The van der Waals surface area contributed by atoms with E-state index in [0.717, 1.165) is 54.9 Å². The lowest BCUT2D eigenvalue weighted by molar-refractivity contribution is 0.102. The molecule has 1 amide bonds. The van der Waals surface area contributed by atoms with Gasteiger partial charge in [-0.3, -0.25) is 9.78 Å². The molecule has 4 N–H and O–H groups in total. The number of ether oxygens (including phenoxy) is 1. The van der Waals surface area contributed by atoms with E-state index in [2.05, 4.69) is 20.2 Å². The molecule has 1 aromatic carbocycles. The summed E-state index contributed by atoms with van der Waals surface area (Å²) in [6, 6.07) is 4.03. The number of hydrogen-bond acceptors (Lipinski definition) is 7. The average Bonchev–Trinajstić information content (AvgIpc) is 3.25. The molecule has 11 heteroatoms. The molecule has 0 bridgehead atoms. The highest BCUT2D eigenvalue weighted by molar-refractivity contribution is 6.05. The van der Waals surface area contributed by atoms with Crippen molar-refractivity contribution in [1.82, 2.24) is 9.97 Å². The molecule has 5 rings (SSSR count). The molecule has 8 nitrogen and oxygen atoms in total. The molecule has 3 aromatic rings. The van der Waals surface area contributed by atoms with E-state index in [-0.39, 0.29) is 17.5 Å². The lowest BCUT2D eigenvalue weighted by Gasteiger charge is -2.35. The van der Waals surface area contributed by atoms with Crippen LogP contribution in [0.3, 0.4) is 0 Å². The third-order valence-corrected chi connectivity index (χ3v) is 6.78. The number of carbonyl (C=O) groups excluding carboxylic acids is 1. The molecule has 2 aromatic heterocycles. The number of piperidine rings is 1. The number of anilines is 2. The molecule has 37 heavy (non-hydrogen) atoms. The Morgan fingerprint density at radius 1 is 1.19 bits per heavy atom. The zero-order chi connectivity index (χ0) is 26.3. The summed E-state index contributed by atoms with van der Waals surface area (Å²) in [5, 5.41) is 13.1. The van der Waals surface area contributed by atoms with Gasteiger partial charge >= 0.3 is 0 Å². The summed E-state index contributed by atoms with van der Waals surface area (Å²) >= 11 is 0. The summed E-state index contributed by atoms with van der Waals surface area (Å²) < 4.78 is 48.8. The van der Waals surface area contributed by atoms with Crippen molar-refractivity contribution in [2.45, 2.75) is 37.8 Å². The van der Waals surface area contributed by atoms with Crippen molar-refractivity contribution in [2.24, 2.45) is 5.73 Å². The molecule has 2 aliphatic rings. The molecule has 1 aliphatic carbocycles. The standard InChI is InChI=1S/C26H26F3N5O3/c1-37-20-9-6-15(27)21(22(20)29)24-16(28)5-7-17(32-24)26(36)33-18-11-31-23-14(4-8-19(23)35)25(18)34-10-2-3-13(30)12-34/h5-7,9,11,13,19,35H,2-4,8,10,12,30H2,1H3,(H,33,36)/t13-,19-/m0/s1. The van der Waals surface area contributed by atoms with Crippen LogP contribution in [0.5, 0.6) is 5.75 Å². The molecular formula is C26H26F3N5O3. The lowest BCUT2D eigenvalue weighted by atomic mass is 10.0. The number of rotatable bonds is 5. The van der Waals surface area contributed by atoms with Crippen molar-refractivity contribution >= 4 is 17.3 Å². The maximum Gasteiger partial charge on any atom is 0.274 e. The van der Waals surface area contributed by atoms with Gasteiger partial charge in [0.2, 0.25) is 0 Å². The fraction of sp³-hybridized carbons (Fsp3) is 0.346. The fourth-order valence-electron chi connectivity index (χ4n) is 5.01. The van der Waals surface area contributed by atoms with Crippen molar-refractivity contribution in [3.8, 4) is 17.0 Å². The number of carbonyl (C=O) groups is 1. The monoisotopic (exact) mass is 513 g/mol. The molecule has 1 fully saturated rings. The first-order valence-corrected chi connectivity index (χ1v) is 12.0. The van der Waals surface area contributed by atoms with E-state index < -0.39 is 40.7 Å². The SMILES string of the molecule is COc1ccc(F)c(-c2nc(C(=O)Nc3cnc4c(c3N3CCC[C@H](N)C3)CC[C@@H]4O)ccc2F)c1F. The summed E-state index contributed by atoms with van der Waals surface area (Å²) in [4.78, 5) is 23.6. The van der Waals surface area contributed by atoms with Gasteiger partial charge in [-0.1, -0.05) is 0 Å². The first-order valence-electron chi connectivity index (χ1n) is 12.0. The van der Waals surface area contributed by atoms with Crippen LogP contribution in [0.2, 0.25) is 0 Å². The van der Waals surface area contributed by atoms with Crippen LogP contribution < -0.4 is 20.7 Å². The van der Waals surface area contributed by atoms with Gasteiger partial charge in [0.25, 0.3) is 5.91 Å². The first-order chi connectivity index (χ1) is 17.8. The highest BCUT2D eigenvalue weighted by Gasteiger charge is 2.31. The zero-order valence-electron chi connectivity index (χ0n) is 20.1. The van der Waals surface area contributed by atoms with Gasteiger partial charge in [-0.15, -0.1) is 0 Å². The maximum absolute atomic E-state index is 14.8. The summed E-state index contributed by atoms with van der Waals surface area (Å²) in [7, 11) is 1.20. The minimum absolute atomic E-state index is 0.0403. The van der Waals surface area contributed by atoms with Gasteiger partial charge in [-0.25, -0.2) is 18.2 Å². The number of nitrogens with one attached hydrogen (secondary N) is 1. The topological polar surface area (TPSA) is 114 Å². The third-order valence-electron chi connectivity index (χ3n) is 6.78. The van der Waals surface area contributed by atoms with Gasteiger partial charge in [-0.2, -0.15) is 0 Å². The molecule has 1 saturated heterocycles. The van der Waals surface area contributed by atoms with Gasteiger partial charge in [-0.05, 0) is 49.9 Å². The van der Waals surface area contributed by atoms with Gasteiger partial charge < -0.3 is 25.8 Å². The molecule has 194 valence electrons. The number of nitrogens with zero attached hydrogens (tertiary/aromatic N) is 3. The van der Waals surface area contributed by atoms with Crippen molar-refractivity contribution in [3.63, 3.8) is 0 Å². The summed E-state index contributed by atoms with van der Waals surface area (Å²) in [5.41, 5.74) is 7.09. The zero-order valence-corrected chi connectivity index (χ0v) is 20.1. The largest absolute Gasteiger partial charge is 0.494 e. The van der Waals surface area contributed by atoms with Crippen LogP contribution in [0.25, 0.3) is 11.3 Å². The molecule has 1 aliphatic heterocycles. The molecule has 0 unspecified atom stereocenters. The highest BCUT2D eigenvalue weighted by Crippen LogP contribution is 2.41. The minimum atomic E-state index is -1.13. The molecule has 2 atom stereocenters. The van der Waals surface area contributed by atoms with Gasteiger partial charge in [0.05, 0.1) is 42.0 Å². The second-order valence-corrected chi connectivity index (χ2v) is 9.21. The predicted octanol–water partition coefficient (Wildman–Crippen LogP) is 3.73. The first kappa shape index (κ1) is 25.0. The molecular weight excluding hydrogens is 487 g/mol. The number of methoxy groups -OCH3 is 1. The molecule has 0 saturated carbocycles. The van der Waals surface area contributed by atoms with Crippen LogP contribution in [-0.2, 0) is 6.42 Å². The Labute approximate surface area is 211 Å². The molecule has 0 radical (unpaired) electrons. The van der Waals surface area contributed by atoms with Crippen molar-refractivity contribution in [3.05, 3.63) is 64.9 Å². The number of fused-ring (bicyclic) bond motifs is 1. The number of amides is 1. The average molecular weight is 514 g/mol. The van der Waals surface area contributed by atoms with E-state index in [4.69, 9.17) is 10.5 Å². The number of benzene rings is 1. The van der Waals surface area contributed by atoms with Crippen LogP contribution in [0, 0.1) is 17.5 Å². The highest BCUT2D eigenvalue weighted by atomic mass is 19.1. The van der Waals surface area contributed by atoms with Gasteiger partial charge in [0, 0.05) is 24.7 Å². The van der Waals surface area contributed by atoms with Crippen LogP contribution in [0.15, 0.2) is 30.5 Å². The Morgan fingerprint density at radius 3 is 2.73 bits per heavy atom. The normalized spacial score (nSPS) is 19.0. The van der Waals surface area contributed by atoms with E-state index >= 15 is 0 Å². The number of halogens is 3. The van der Waals surface area contributed by atoms with Crippen molar-refractivity contribution in [1.29, 1.82) is 0 Å². The number of pyridine rings is 2. The van der Waals surface area contributed by atoms with Gasteiger partial charge in [0.15, 0.2) is 11.6 Å². The number of nitrogens with two attached hydrogens (primary N) is 1. The smallest absolute Gasteiger partial charge is 0.274 e. The number of aliphatic hydroxyl groups is 1. The molecule has 0 spiro atoms. The van der Waals surface area contributed by atoms with Crippen LogP contribution in [-0.4, -0.2) is 47.2 Å². The molecule has 3 heterocycles. The van der Waals surface area contributed by atoms with E-state index in [1.165, 1.54) is 13.3 Å². The maximum atomic E-state index is 14.8. The van der Waals surface area contributed by atoms with Crippen molar-refractivity contribution in [2.75, 3.05) is 30.4 Å². The summed E-state index contributed by atoms with van der Waals surface area (Å²) in [5.74, 6) is -4.18. The third kappa shape index (κ3) is 4.60. The van der Waals surface area contributed by atoms with Gasteiger partial charge in [0.1, 0.15) is 23.0 Å². The number of hydrogen-bond donors (Lipinski definition) is 3. The Kier molecular flexibility index (Phi) is 6.74. The fourth-order valence-corrected chi connectivity index (χ4v) is 5.01. The Hall–Kier alpha value is -3.70. The van der Waals surface area contributed by atoms with E-state index in [1.807, 2.05) is 0 Å². The quantitative estimate of drug-likeness (QED) is 0.477.